The third-order valence-electron chi connectivity index (χ3n) is 5.74. The summed E-state index contributed by atoms with van der Waals surface area (Å²) in [4.78, 5) is 20.7. The molecule has 11 heteroatoms. The number of rotatable bonds is 4. The van der Waals surface area contributed by atoms with Crippen LogP contribution in [0.4, 0.5) is 34.9 Å². The van der Waals surface area contributed by atoms with E-state index in [2.05, 4.69) is 20.6 Å². The lowest BCUT2D eigenvalue weighted by atomic mass is 9.98. The van der Waals surface area contributed by atoms with Crippen molar-refractivity contribution in [1.29, 1.82) is 0 Å². The Morgan fingerprint density at radius 2 is 1.92 bits per heavy atom. The molecule has 1 amide bonds. The monoisotopic (exact) mass is 518 g/mol. The molecule has 0 saturated carbocycles. The highest BCUT2D eigenvalue weighted by molar-refractivity contribution is 6.33. The molecule has 0 atom stereocenters. The van der Waals surface area contributed by atoms with E-state index in [-0.39, 0.29) is 33.7 Å². The van der Waals surface area contributed by atoms with Crippen molar-refractivity contribution in [2.75, 3.05) is 10.6 Å². The normalized spacial score (nSPS) is 14.4. The van der Waals surface area contributed by atoms with Crippen molar-refractivity contribution in [3.63, 3.8) is 0 Å². The number of nitrogens with one attached hydrogen (secondary N) is 3. The number of hydrogen-bond donors (Lipinski definition) is 3. The fourth-order valence-corrected chi connectivity index (χ4v) is 4.42. The van der Waals surface area contributed by atoms with Gasteiger partial charge in [0.1, 0.15) is 17.2 Å². The molecule has 0 aliphatic carbocycles. The number of fused-ring (bicyclic) bond motifs is 3. The maximum atomic E-state index is 14.3. The zero-order valence-electron chi connectivity index (χ0n) is 19.0. The molecule has 1 aliphatic heterocycles. The van der Waals surface area contributed by atoms with Gasteiger partial charge in [-0.05, 0) is 44.2 Å². The summed E-state index contributed by atoms with van der Waals surface area (Å²) in [5.74, 6) is -0.954. The van der Waals surface area contributed by atoms with Crippen LogP contribution >= 0.6 is 11.6 Å². The van der Waals surface area contributed by atoms with Crippen LogP contribution in [0.15, 0.2) is 48.5 Å². The molecule has 3 N–H and O–H groups in total. The molecular weight excluding hydrogens is 500 g/mol. The number of amides is 1. The molecular formula is C25H19ClF4N4O2. The predicted octanol–water partition coefficient (Wildman–Crippen LogP) is 7.08. The van der Waals surface area contributed by atoms with Crippen LogP contribution in [0.25, 0.3) is 11.0 Å². The summed E-state index contributed by atoms with van der Waals surface area (Å²) < 4.78 is 60.6. The first-order valence-corrected chi connectivity index (χ1v) is 11.2. The summed E-state index contributed by atoms with van der Waals surface area (Å²) in [5, 5.41) is 5.32. The quantitative estimate of drug-likeness (QED) is 0.252. The second kappa shape index (κ2) is 8.41. The fraction of sp³-hybridized carbons (Fsp3) is 0.200. The van der Waals surface area contributed by atoms with Crippen molar-refractivity contribution in [3.8, 4) is 5.75 Å². The lowest BCUT2D eigenvalue weighted by Crippen LogP contribution is -2.25. The van der Waals surface area contributed by atoms with Crippen molar-refractivity contribution >= 4 is 45.9 Å². The Morgan fingerprint density at radius 1 is 1.17 bits per heavy atom. The standard InChI is InChI=1S/C25H19ClF4N4O2/c1-24(2)11-13-19-18(32-23(33-19)34-20-15(26)7-5-8-16(20)27)10-12(21(13)36-24)22(35)31-17-9-4-3-6-14(17)25(28,29)30/h3-10H,11H2,1-2H3,(H,31,35)(H2,32,33,34). The molecule has 0 saturated heterocycles. The average molecular weight is 519 g/mol. The molecule has 186 valence electrons. The average Bonchev–Trinajstić information content (AvgIpc) is 3.34. The van der Waals surface area contributed by atoms with Gasteiger partial charge in [-0.2, -0.15) is 13.2 Å². The number of carbonyl (C=O) groups excluding carboxylic acids is 1. The first-order chi connectivity index (χ1) is 16.9. The molecule has 1 aliphatic rings. The Hall–Kier alpha value is -3.79. The topological polar surface area (TPSA) is 79.0 Å². The number of carbonyl (C=O) groups is 1. The van der Waals surface area contributed by atoms with Crippen LogP contribution in [0.2, 0.25) is 5.02 Å². The lowest BCUT2D eigenvalue weighted by Gasteiger charge is -2.18. The third kappa shape index (κ3) is 4.32. The minimum absolute atomic E-state index is 0.0215. The Kier molecular flexibility index (Phi) is 5.59. The number of benzene rings is 3. The minimum atomic E-state index is -4.65. The summed E-state index contributed by atoms with van der Waals surface area (Å²) in [6.07, 6.45) is -4.25. The van der Waals surface area contributed by atoms with E-state index in [0.717, 1.165) is 6.07 Å². The molecule has 0 spiro atoms. The molecule has 0 fully saturated rings. The first kappa shape index (κ1) is 23.9. The molecule has 0 radical (unpaired) electrons. The van der Waals surface area contributed by atoms with Gasteiger partial charge in [0, 0.05) is 12.0 Å². The number of nitrogens with zero attached hydrogens (tertiary/aromatic N) is 1. The van der Waals surface area contributed by atoms with Crippen molar-refractivity contribution in [2.45, 2.75) is 32.0 Å². The highest BCUT2D eigenvalue weighted by Crippen LogP contribution is 2.43. The summed E-state index contributed by atoms with van der Waals surface area (Å²) >= 11 is 6.10. The number of anilines is 3. The Balaban J connectivity index is 1.57. The summed E-state index contributed by atoms with van der Waals surface area (Å²) in [7, 11) is 0. The van der Waals surface area contributed by atoms with Crippen LogP contribution in [0, 0.1) is 5.82 Å². The Morgan fingerprint density at radius 3 is 2.64 bits per heavy atom. The first-order valence-electron chi connectivity index (χ1n) is 10.9. The highest BCUT2D eigenvalue weighted by atomic mass is 35.5. The summed E-state index contributed by atoms with van der Waals surface area (Å²) in [6, 6.07) is 10.4. The number of H-pyrrole nitrogens is 1. The zero-order valence-corrected chi connectivity index (χ0v) is 19.7. The van der Waals surface area contributed by atoms with Gasteiger partial charge in [0.05, 0.1) is 38.6 Å². The van der Waals surface area contributed by atoms with Crippen molar-refractivity contribution in [2.24, 2.45) is 0 Å². The van der Waals surface area contributed by atoms with Crippen LogP contribution in [0.1, 0.15) is 35.3 Å². The van der Waals surface area contributed by atoms with E-state index in [1.54, 1.807) is 0 Å². The number of hydrogen-bond acceptors (Lipinski definition) is 4. The molecule has 3 aromatic carbocycles. The van der Waals surface area contributed by atoms with Gasteiger partial charge in [-0.3, -0.25) is 4.79 Å². The van der Waals surface area contributed by atoms with Crippen molar-refractivity contribution < 1.29 is 27.1 Å². The van der Waals surface area contributed by atoms with Gasteiger partial charge >= 0.3 is 6.18 Å². The van der Waals surface area contributed by atoms with E-state index in [0.29, 0.717) is 23.0 Å². The van der Waals surface area contributed by atoms with Crippen molar-refractivity contribution in [1.82, 2.24) is 9.97 Å². The van der Waals surface area contributed by atoms with E-state index in [4.69, 9.17) is 16.3 Å². The second-order valence-corrected chi connectivity index (χ2v) is 9.38. The van der Waals surface area contributed by atoms with Gasteiger partial charge in [-0.25, -0.2) is 9.37 Å². The van der Waals surface area contributed by atoms with Gasteiger partial charge in [0.25, 0.3) is 5.91 Å². The summed E-state index contributed by atoms with van der Waals surface area (Å²) in [6.45, 7) is 3.65. The van der Waals surface area contributed by atoms with Crippen LogP contribution in [-0.4, -0.2) is 21.5 Å². The highest BCUT2D eigenvalue weighted by Gasteiger charge is 2.37. The van der Waals surface area contributed by atoms with Crippen LogP contribution in [-0.2, 0) is 12.6 Å². The number of imidazole rings is 1. The molecule has 5 rings (SSSR count). The van der Waals surface area contributed by atoms with E-state index in [9.17, 15) is 22.4 Å². The van der Waals surface area contributed by atoms with Gasteiger partial charge in [-0.1, -0.05) is 29.8 Å². The number of aromatic amines is 1. The number of ether oxygens (including phenoxy) is 1. The molecule has 4 aromatic rings. The fourth-order valence-electron chi connectivity index (χ4n) is 4.21. The number of halogens is 5. The summed E-state index contributed by atoms with van der Waals surface area (Å²) in [5.41, 5.74) is -0.453. The van der Waals surface area contributed by atoms with Gasteiger partial charge < -0.3 is 20.4 Å². The second-order valence-electron chi connectivity index (χ2n) is 8.97. The Labute approximate surface area is 207 Å². The molecule has 2 heterocycles. The van der Waals surface area contributed by atoms with E-state index >= 15 is 0 Å². The predicted molar refractivity (Wildman–Crippen MR) is 129 cm³/mol. The van der Waals surface area contributed by atoms with Gasteiger partial charge in [0.15, 0.2) is 0 Å². The van der Waals surface area contributed by atoms with E-state index < -0.39 is 29.1 Å². The molecule has 1 aromatic heterocycles. The van der Waals surface area contributed by atoms with Crippen molar-refractivity contribution in [3.05, 3.63) is 76.1 Å². The zero-order chi connectivity index (χ0) is 25.8. The molecule has 6 nitrogen and oxygen atoms in total. The lowest BCUT2D eigenvalue weighted by molar-refractivity contribution is -0.136. The Bertz CT molecular complexity index is 1490. The number of aromatic nitrogens is 2. The molecule has 36 heavy (non-hydrogen) atoms. The largest absolute Gasteiger partial charge is 0.486 e. The van der Waals surface area contributed by atoms with E-state index in [1.165, 1.54) is 42.5 Å². The van der Waals surface area contributed by atoms with Gasteiger partial charge in [0.2, 0.25) is 5.95 Å². The van der Waals surface area contributed by atoms with Crippen LogP contribution in [0.3, 0.4) is 0 Å². The maximum Gasteiger partial charge on any atom is 0.418 e. The molecule has 0 unspecified atom stereocenters. The third-order valence-corrected chi connectivity index (χ3v) is 6.05. The van der Waals surface area contributed by atoms with Crippen LogP contribution in [0.5, 0.6) is 5.75 Å². The number of para-hydroxylation sites is 2. The van der Waals surface area contributed by atoms with Gasteiger partial charge in [-0.15, -0.1) is 0 Å². The smallest absolute Gasteiger partial charge is 0.418 e. The number of alkyl halides is 3. The van der Waals surface area contributed by atoms with Crippen LogP contribution < -0.4 is 15.4 Å². The molecule has 0 bridgehead atoms. The maximum absolute atomic E-state index is 14.3. The van der Waals surface area contributed by atoms with E-state index in [1.807, 2.05) is 13.8 Å². The SMILES string of the molecule is CC1(C)Cc2c(c(C(=O)Nc3ccccc3C(F)(F)F)cc3[nH]c(Nc4c(F)cccc4Cl)nc23)O1. The minimum Gasteiger partial charge on any atom is -0.486 e.